The van der Waals surface area contributed by atoms with Crippen molar-refractivity contribution in [2.24, 2.45) is 0 Å². The van der Waals surface area contributed by atoms with E-state index < -0.39 is 43.1 Å². The Labute approximate surface area is 111 Å². The lowest BCUT2D eigenvalue weighted by atomic mass is 9.92. The molecule has 1 aliphatic heterocycles. The fraction of sp³-hybridized carbons (Fsp3) is 0.750. The van der Waals surface area contributed by atoms with E-state index in [1.165, 1.54) is 0 Å². The highest BCUT2D eigenvalue weighted by atomic mass is 16.5. The fourth-order valence-corrected chi connectivity index (χ4v) is 1.91. The summed E-state index contributed by atoms with van der Waals surface area (Å²) in [6.45, 7) is 4.87. The average molecular weight is 276 g/mol. The summed E-state index contributed by atoms with van der Waals surface area (Å²) < 4.78 is 10.00. The van der Waals surface area contributed by atoms with Gasteiger partial charge in [-0.3, -0.25) is 0 Å². The minimum atomic E-state index is -1.45. The number of rotatable bonds is 5. The molecule has 1 unspecified atom stereocenters. The van der Waals surface area contributed by atoms with Crippen LogP contribution in [-0.2, 0) is 14.3 Å². The van der Waals surface area contributed by atoms with E-state index in [9.17, 15) is 20.1 Å². The summed E-state index contributed by atoms with van der Waals surface area (Å²) in [5.41, 5.74) is 0.0891. The number of hydrogen-bond donors (Lipinski definition) is 4. The van der Waals surface area contributed by atoms with Crippen LogP contribution >= 0.6 is 0 Å². The van der Waals surface area contributed by atoms with E-state index in [1.807, 2.05) is 0 Å². The number of carbonyl (C=O) groups is 1. The number of aliphatic hydroxyl groups is 4. The van der Waals surface area contributed by atoms with Gasteiger partial charge in [-0.1, -0.05) is 6.58 Å². The quantitative estimate of drug-likeness (QED) is 0.351. The fourth-order valence-electron chi connectivity index (χ4n) is 1.91. The second-order valence-corrected chi connectivity index (χ2v) is 4.40. The molecule has 0 aliphatic carbocycles. The maximum Gasteiger partial charge on any atom is 0.333 e. The highest BCUT2D eigenvalue weighted by molar-refractivity contribution is 5.87. The first-order chi connectivity index (χ1) is 8.92. The summed E-state index contributed by atoms with van der Waals surface area (Å²) in [6, 6.07) is 0. The molecule has 4 N–H and O–H groups in total. The zero-order valence-corrected chi connectivity index (χ0v) is 10.7. The molecule has 1 aliphatic rings. The molecule has 0 aromatic heterocycles. The van der Waals surface area contributed by atoms with Gasteiger partial charge in [0.1, 0.15) is 24.4 Å². The normalized spacial score (nSPS) is 34.9. The van der Waals surface area contributed by atoms with E-state index in [0.29, 0.717) is 0 Å². The molecule has 0 spiro atoms. The molecule has 0 amide bonds. The van der Waals surface area contributed by atoms with E-state index >= 15 is 0 Å². The second-order valence-electron chi connectivity index (χ2n) is 4.40. The molecule has 0 aromatic rings. The molecular weight excluding hydrogens is 256 g/mol. The van der Waals surface area contributed by atoms with Crippen molar-refractivity contribution in [2.75, 3.05) is 13.2 Å². The summed E-state index contributed by atoms with van der Waals surface area (Å²) in [6.07, 6.45) is -6.21. The van der Waals surface area contributed by atoms with Crippen LogP contribution in [0.15, 0.2) is 12.2 Å². The molecule has 1 rings (SSSR count). The molecule has 1 saturated heterocycles. The first-order valence-electron chi connectivity index (χ1n) is 6.07. The Balaban J connectivity index is 2.66. The molecule has 0 saturated carbocycles. The van der Waals surface area contributed by atoms with Crippen molar-refractivity contribution in [2.45, 2.75) is 43.9 Å². The Kier molecular flexibility index (Phi) is 5.89. The van der Waals surface area contributed by atoms with E-state index in [1.54, 1.807) is 6.92 Å². The van der Waals surface area contributed by atoms with E-state index in [0.717, 1.165) is 0 Å². The van der Waals surface area contributed by atoms with Crippen LogP contribution in [0.4, 0.5) is 0 Å². The van der Waals surface area contributed by atoms with Crippen LogP contribution in [0.25, 0.3) is 0 Å². The first-order valence-corrected chi connectivity index (χ1v) is 6.07. The van der Waals surface area contributed by atoms with Gasteiger partial charge in [0, 0.05) is 12.0 Å². The van der Waals surface area contributed by atoms with Gasteiger partial charge < -0.3 is 29.9 Å². The molecule has 7 heteroatoms. The maximum atomic E-state index is 11.4. The van der Waals surface area contributed by atoms with Gasteiger partial charge >= 0.3 is 5.97 Å². The van der Waals surface area contributed by atoms with Crippen LogP contribution in [0.2, 0.25) is 0 Å². The third-order valence-corrected chi connectivity index (χ3v) is 3.00. The molecule has 7 nitrogen and oxygen atoms in total. The number of hydrogen-bond acceptors (Lipinski definition) is 7. The third kappa shape index (κ3) is 3.74. The molecule has 19 heavy (non-hydrogen) atoms. The zero-order valence-electron chi connectivity index (χ0n) is 10.7. The minimum absolute atomic E-state index is 0.0553. The predicted octanol–water partition coefficient (Wildman–Crippen LogP) is -1.66. The van der Waals surface area contributed by atoms with Crippen molar-refractivity contribution >= 4 is 5.97 Å². The Hall–Kier alpha value is -0.990. The van der Waals surface area contributed by atoms with Gasteiger partial charge in [-0.25, -0.2) is 4.79 Å². The lowest BCUT2D eigenvalue weighted by Gasteiger charge is -2.40. The Morgan fingerprint density at radius 2 is 1.79 bits per heavy atom. The third-order valence-electron chi connectivity index (χ3n) is 3.00. The van der Waals surface area contributed by atoms with Crippen LogP contribution in [0.3, 0.4) is 0 Å². The van der Waals surface area contributed by atoms with Crippen molar-refractivity contribution in [1.82, 2.24) is 0 Å². The molecule has 5 atom stereocenters. The molecule has 0 aromatic carbocycles. The molecule has 1 heterocycles. The predicted molar refractivity (Wildman–Crippen MR) is 64.2 cm³/mol. The first kappa shape index (κ1) is 16.1. The van der Waals surface area contributed by atoms with E-state index in [4.69, 9.17) is 14.6 Å². The maximum absolute atomic E-state index is 11.4. The van der Waals surface area contributed by atoms with Gasteiger partial charge in [-0.15, -0.1) is 0 Å². The van der Waals surface area contributed by atoms with E-state index in [-0.39, 0.29) is 18.6 Å². The van der Waals surface area contributed by atoms with Crippen molar-refractivity contribution in [3.05, 3.63) is 12.2 Å². The summed E-state index contributed by atoms with van der Waals surface area (Å²) >= 11 is 0. The number of ether oxygens (including phenoxy) is 2. The highest BCUT2D eigenvalue weighted by Gasteiger charge is 2.43. The minimum Gasteiger partial charge on any atom is -0.463 e. The summed E-state index contributed by atoms with van der Waals surface area (Å²) in [4.78, 5) is 11.4. The van der Waals surface area contributed by atoms with Crippen molar-refractivity contribution in [1.29, 1.82) is 0 Å². The molecule has 0 radical (unpaired) electrons. The van der Waals surface area contributed by atoms with E-state index in [2.05, 4.69) is 6.58 Å². The Morgan fingerprint density at radius 3 is 2.32 bits per heavy atom. The van der Waals surface area contributed by atoms with Gasteiger partial charge in [0.2, 0.25) is 0 Å². The lowest BCUT2D eigenvalue weighted by Crippen LogP contribution is -2.58. The average Bonchev–Trinajstić information content (AvgIpc) is 2.39. The molecule has 0 bridgehead atoms. The van der Waals surface area contributed by atoms with Crippen LogP contribution < -0.4 is 0 Å². The lowest BCUT2D eigenvalue weighted by molar-refractivity contribution is -0.228. The zero-order chi connectivity index (χ0) is 14.6. The van der Waals surface area contributed by atoms with Gasteiger partial charge in [-0.2, -0.15) is 0 Å². The van der Waals surface area contributed by atoms with Crippen LogP contribution in [-0.4, -0.2) is 70.1 Å². The molecular formula is C12H20O7. The highest BCUT2D eigenvalue weighted by Crippen LogP contribution is 2.25. The van der Waals surface area contributed by atoms with Crippen LogP contribution in [0, 0.1) is 0 Å². The van der Waals surface area contributed by atoms with Gasteiger partial charge in [-0.05, 0) is 6.92 Å². The van der Waals surface area contributed by atoms with Crippen molar-refractivity contribution in [3.8, 4) is 0 Å². The largest absolute Gasteiger partial charge is 0.463 e. The van der Waals surface area contributed by atoms with Gasteiger partial charge in [0.25, 0.3) is 0 Å². The van der Waals surface area contributed by atoms with Crippen LogP contribution in [0.1, 0.15) is 13.3 Å². The SMILES string of the molecule is C=C(CC1O[C@H](CO)[C@@H](O)[C@H](O)[C@H]1O)C(=O)OCC. The summed E-state index contributed by atoms with van der Waals surface area (Å²) in [5, 5.41) is 38.0. The molecule has 110 valence electrons. The number of aliphatic hydroxyl groups excluding tert-OH is 4. The monoisotopic (exact) mass is 276 g/mol. The second kappa shape index (κ2) is 6.97. The summed E-state index contributed by atoms with van der Waals surface area (Å²) in [7, 11) is 0. The van der Waals surface area contributed by atoms with Crippen molar-refractivity contribution in [3.63, 3.8) is 0 Å². The smallest absolute Gasteiger partial charge is 0.333 e. The molecule has 1 fully saturated rings. The topological polar surface area (TPSA) is 116 Å². The van der Waals surface area contributed by atoms with Crippen LogP contribution in [0.5, 0.6) is 0 Å². The Bertz CT molecular complexity index is 328. The standard InChI is InChI=1S/C12H20O7/c1-3-18-12(17)6(2)4-7-9(14)11(16)10(15)8(5-13)19-7/h7-11,13-16H,2-5H2,1H3/t7?,8-,9+,10-,11-/m1/s1. The van der Waals surface area contributed by atoms with Crippen molar-refractivity contribution < 1.29 is 34.7 Å². The Morgan fingerprint density at radius 1 is 1.21 bits per heavy atom. The number of esters is 1. The van der Waals surface area contributed by atoms with Gasteiger partial charge in [0.15, 0.2) is 0 Å². The number of carbonyl (C=O) groups excluding carboxylic acids is 1. The van der Waals surface area contributed by atoms with Gasteiger partial charge in [0.05, 0.1) is 19.3 Å². The summed E-state index contributed by atoms with van der Waals surface area (Å²) in [5.74, 6) is -0.612.